The summed E-state index contributed by atoms with van der Waals surface area (Å²) >= 11 is 0. The van der Waals surface area contributed by atoms with Gasteiger partial charge in [-0.15, -0.1) is 0 Å². The zero-order chi connectivity index (χ0) is 22.8. The summed E-state index contributed by atoms with van der Waals surface area (Å²) < 4.78 is 26.0. The molecule has 0 saturated heterocycles. The smallest absolute Gasteiger partial charge is 0.200 e. The minimum absolute atomic E-state index is 0.0176. The van der Waals surface area contributed by atoms with Crippen molar-refractivity contribution in [1.82, 2.24) is 10.3 Å². The number of benzene rings is 2. The maximum absolute atomic E-state index is 14.5. The molecular formula is C26H33FN2O3. The molecule has 172 valence electrons. The Morgan fingerprint density at radius 2 is 1.69 bits per heavy atom. The van der Waals surface area contributed by atoms with E-state index in [2.05, 4.69) is 17.2 Å². The summed E-state index contributed by atoms with van der Waals surface area (Å²) in [5.41, 5.74) is 1.15. The molecule has 0 radical (unpaired) electrons. The normalized spacial score (nSPS) is 11.1. The van der Waals surface area contributed by atoms with E-state index >= 15 is 0 Å². The zero-order valence-electron chi connectivity index (χ0n) is 19.0. The predicted molar refractivity (Wildman–Crippen MR) is 128 cm³/mol. The van der Waals surface area contributed by atoms with Crippen molar-refractivity contribution < 1.29 is 13.9 Å². The van der Waals surface area contributed by atoms with Gasteiger partial charge in [0.1, 0.15) is 17.3 Å². The van der Waals surface area contributed by atoms with Crippen LogP contribution >= 0.6 is 0 Å². The second-order valence-corrected chi connectivity index (χ2v) is 7.86. The number of pyridine rings is 1. The Kier molecular flexibility index (Phi) is 9.11. The second-order valence-electron chi connectivity index (χ2n) is 7.86. The quantitative estimate of drug-likeness (QED) is 0.336. The van der Waals surface area contributed by atoms with Gasteiger partial charge in [-0.3, -0.25) is 4.79 Å². The lowest BCUT2D eigenvalue weighted by Crippen LogP contribution is -2.17. The Morgan fingerprint density at radius 3 is 2.44 bits per heavy atom. The van der Waals surface area contributed by atoms with E-state index in [1.165, 1.54) is 18.9 Å². The highest BCUT2D eigenvalue weighted by atomic mass is 19.1. The third kappa shape index (κ3) is 6.10. The number of unbranched alkanes of at least 4 members (excludes halogenated alkanes) is 2. The van der Waals surface area contributed by atoms with Crippen molar-refractivity contribution >= 4 is 10.9 Å². The molecule has 0 aliphatic carbocycles. The van der Waals surface area contributed by atoms with Gasteiger partial charge in [0.2, 0.25) is 0 Å². The molecule has 6 heteroatoms. The Bertz CT molecular complexity index is 1050. The predicted octanol–water partition coefficient (Wildman–Crippen LogP) is 5.67. The highest BCUT2D eigenvalue weighted by Gasteiger charge is 2.15. The summed E-state index contributed by atoms with van der Waals surface area (Å²) in [4.78, 5) is 16.1. The van der Waals surface area contributed by atoms with Crippen LogP contribution in [0.15, 0.2) is 47.4 Å². The van der Waals surface area contributed by atoms with Gasteiger partial charge in [-0.2, -0.15) is 0 Å². The van der Waals surface area contributed by atoms with Crippen LogP contribution in [-0.4, -0.2) is 31.3 Å². The molecule has 2 aromatic carbocycles. The van der Waals surface area contributed by atoms with Crippen molar-refractivity contribution in [2.24, 2.45) is 0 Å². The van der Waals surface area contributed by atoms with Gasteiger partial charge in [-0.05, 0) is 68.6 Å². The molecule has 0 spiro atoms. The molecule has 1 heterocycles. The summed E-state index contributed by atoms with van der Waals surface area (Å²) in [6, 6.07) is 10.2. The molecule has 0 amide bonds. The number of rotatable bonds is 13. The minimum Gasteiger partial charge on any atom is -0.494 e. The van der Waals surface area contributed by atoms with Crippen LogP contribution in [0.2, 0.25) is 0 Å². The van der Waals surface area contributed by atoms with Crippen LogP contribution in [0.3, 0.4) is 0 Å². The number of aromatic nitrogens is 1. The van der Waals surface area contributed by atoms with E-state index in [0.717, 1.165) is 38.1 Å². The topological polar surface area (TPSA) is 63.4 Å². The number of hydrogen-bond donors (Lipinski definition) is 2. The molecule has 2 N–H and O–H groups in total. The van der Waals surface area contributed by atoms with E-state index in [-0.39, 0.29) is 10.8 Å². The summed E-state index contributed by atoms with van der Waals surface area (Å²) in [7, 11) is 0. The fourth-order valence-corrected chi connectivity index (χ4v) is 3.51. The summed E-state index contributed by atoms with van der Waals surface area (Å²) in [6.45, 7) is 7.41. The van der Waals surface area contributed by atoms with Crippen LogP contribution in [0.1, 0.15) is 46.0 Å². The van der Waals surface area contributed by atoms with Crippen LogP contribution in [-0.2, 0) is 0 Å². The van der Waals surface area contributed by atoms with E-state index in [1.54, 1.807) is 12.3 Å². The van der Waals surface area contributed by atoms with Gasteiger partial charge in [0.05, 0.1) is 24.1 Å². The molecule has 5 nitrogen and oxygen atoms in total. The van der Waals surface area contributed by atoms with Crippen LogP contribution in [0.4, 0.5) is 4.39 Å². The molecular weight excluding hydrogens is 407 g/mol. The van der Waals surface area contributed by atoms with Crippen LogP contribution < -0.4 is 20.2 Å². The average Bonchev–Trinajstić information content (AvgIpc) is 2.81. The zero-order valence-corrected chi connectivity index (χ0v) is 19.0. The Hall–Kier alpha value is -2.86. The van der Waals surface area contributed by atoms with Crippen molar-refractivity contribution in [1.29, 1.82) is 0 Å². The first kappa shape index (κ1) is 23.8. The summed E-state index contributed by atoms with van der Waals surface area (Å²) in [5, 5.41) is 3.44. The SMILES string of the molecule is CCCCNCCCCOc1ccc(-c2c[nH]c3c(OCCC)ccc(F)c3c2=O)cc1. The fraction of sp³-hybridized carbons (Fsp3) is 0.423. The number of ether oxygens (including phenoxy) is 2. The van der Waals surface area contributed by atoms with Gasteiger partial charge in [0.25, 0.3) is 0 Å². The number of halogens is 1. The number of H-pyrrole nitrogens is 1. The molecule has 3 aromatic rings. The van der Waals surface area contributed by atoms with E-state index in [9.17, 15) is 9.18 Å². The molecule has 0 atom stereocenters. The fourth-order valence-electron chi connectivity index (χ4n) is 3.51. The van der Waals surface area contributed by atoms with Gasteiger partial charge in [-0.1, -0.05) is 32.4 Å². The molecule has 0 unspecified atom stereocenters. The van der Waals surface area contributed by atoms with Gasteiger partial charge in [0, 0.05) is 11.8 Å². The maximum atomic E-state index is 14.5. The third-order valence-corrected chi connectivity index (χ3v) is 5.30. The van der Waals surface area contributed by atoms with Crippen molar-refractivity contribution in [3.05, 3.63) is 58.6 Å². The monoisotopic (exact) mass is 440 g/mol. The number of nitrogens with one attached hydrogen (secondary N) is 2. The van der Waals surface area contributed by atoms with Crippen molar-refractivity contribution in [2.45, 2.75) is 46.0 Å². The molecule has 32 heavy (non-hydrogen) atoms. The van der Waals surface area contributed by atoms with Crippen LogP contribution in [0.25, 0.3) is 22.0 Å². The minimum atomic E-state index is -0.559. The second kappa shape index (κ2) is 12.2. The first-order valence-electron chi connectivity index (χ1n) is 11.6. The average molecular weight is 441 g/mol. The summed E-state index contributed by atoms with van der Waals surface area (Å²) in [6.07, 6.45) is 6.91. The van der Waals surface area contributed by atoms with Crippen LogP contribution in [0, 0.1) is 5.82 Å². The van der Waals surface area contributed by atoms with Crippen molar-refractivity contribution in [2.75, 3.05) is 26.3 Å². The van der Waals surface area contributed by atoms with Gasteiger partial charge < -0.3 is 19.8 Å². The maximum Gasteiger partial charge on any atom is 0.200 e. The first-order valence-corrected chi connectivity index (χ1v) is 11.6. The lowest BCUT2D eigenvalue weighted by molar-refractivity contribution is 0.306. The van der Waals surface area contributed by atoms with Gasteiger partial charge in [-0.25, -0.2) is 4.39 Å². The number of hydrogen-bond acceptors (Lipinski definition) is 4. The first-order chi connectivity index (χ1) is 15.7. The van der Waals surface area contributed by atoms with Crippen molar-refractivity contribution in [3.63, 3.8) is 0 Å². The molecule has 0 saturated carbocycles. The molecule has 3 rings (SSSR count). The van der Waals surface area contributed by atoms with Crippen LogP contribution in [0.5, 0.6) is 11.5 Å². The van der Waals surface area contributed by atoms with Gasteiger partial charge in [0.15, 0.2) is 5.43 Å². The number of fused-ring (bicyclic) bond motifs is 1. The molecule has 1 aromatic heterocycles. The summed E-state index contributed by atoms with van der Waals surface area (Å²) in [5.74, 6) is 0.679. The van der Waals surface area contributed by atoms with E-state index in [0.29, 0.717) is 35.6 Å². The Morgan fingerprint density at radius 1 is 0.906 bits per heavy atom. The molecule has 0 fully saturated rings. The Labute approximate surface area is 189 Å². The van der Waals surface area contributed by atoms with E-state index in [1.807, 2.05) is 31.2 Å². The highest BCUT2D eigenvalue weighted by molar-refractivity contribution is 5.88. The van der Waals surface area contributed by atoms with Gasteiger partial charge >= 0.3 is 0 Å². The van der Waals surface area contributed by atoms with E-state index in [4.69, 9.17) is 9.47 Å². The van der Waals surface area contributed by atoms with E-state index < -0.39 is 5.82 Å². The Balaban J connectivity index is 1.65. The lowest BCUT2D eigenvalue weighted by atomic mass is 10.0. The largest absolute Gasteiger partial charge is 0.494 e. The molecule has 0 aliphatic rings. The van der Waals surface area contributed by atoms with Crippen molar-refractivity contribution in [3.8, 4) is 22.6 Å². The molecule has 0 aliphatic heterocycles. The number of aromatic amines is 1. The standard InChI is InChI=1S/C26H33FN2O3/c1-3-5-14-28-15-6-7-17-31-20-10-8-19(9-11-20)21-18-29-25-23(32-16-4-2)13-12-22(27)24(25)26(21)30/h8-13,18,28H,3-7,14-17H2,1-2H3,(H,29,30). The lowest BCUT2D eigenvalue weighted by Gasteiger charge is -2.11. The third-order valence-electron chi connectivity index (χ3n) is 5.30. The highest BCUT2D eigenvalue weighted by Crippen LogP contribution is 2.27. The molecule has 0 bridgehead atoms.